The highest BCUT2D eigenvalue weighted by Crippen LogP contribution is 2.44. The zero-order valence-electron chi connectivity index (χ0n) is 17.2. The van der Waals surface area contributed by atoms with Crippen LogP contribution in [-0.4, -0.2) is 43.2 Å². The summed E-state index contributed by atoms with van der Waals surface area (Å²) >= 11 is 0. The van der Waals surface area contributed by atoms with Crippen molar-refractivity contribution < 1.29 is 19.4 Å². The third-order valence-electron chi connectivity index (χ3n) is 4.89. The molecule has 0 saturated carbocycles. The zero-order valence-corrected chi connectivity index (χ0v) is 18.0. The Morgan fingerprint density at radius 1 is 1.07 bits per heavy atom. The molecule has 1 amide bonds. The SMILES string of the molecule is CC(C)(C)OC[C@@H](CO)CNC(=O)OCC1c2ccccc2-c2ccccc21.Cl. The molecule has 0 aliphatic heterocycles. The molecule has 0 radical (unpaired) electrons. The highest BCUT2D eigenvalue weighted by molar-refractivity contribution is 5.85. The van der Waals surface area contributed by atoms with Gasteiger partial charge in [-0.2, -0.15) is 0 Å². The van der Waals surface area contributed by atoms with Crippen molar-refractivity contribution in [2.75, 3.05) is 26.4 Å². The van der Waals surface area contributed by atoms with Gasteiger partial charge >= 0.3 is 6.09 Å². The predicted molar refractivity (Wildman–Crippen MR) is 117 cm³/mol. The Balaban J connectivity index is 0.00000300. The fourth-order valence-corrected chi connectivity index (χ4v) is 3.42. The Kier molecular flexibility index (Phi) is 8.08. The zero-order chi connectivity index (χ0) is 20.1. The van der Waals surface area contributed by atoms with Gasteiger partial charge in [0, 0.05) is 25.0 Å². The number of benzene rings is 2. The van der Waals surface area contributed by atoms with E-state index in [0.717, 1.165) is 0 Å². The molecule has 0 aromatic heterocycles. The number of aliphatic hydroxyl groups is 1. The summed E-state index contributed by atoms with van der Waals surface area (Å²) in [4.78, 5) is 12.2. The standard InChI is InChI=1S/C23H29NO4.ClH/c1-23(2,3)28-14-16(13-25)12-24-22(26)27-15-21-19-10-6-4-8-17(19)18-9-5-7-11-20(18)21;/h4-11,16,21,25H,12-15H2,1-3H3,(H,24,26);1H/t16-;/m1./s1. The van der Waals surface area contributed by atoms with Gasteiger partial charge in [-0.3, -0.25) is 0 Å². The van der Waals surface area contributed by atoms with E-state index in [4.69, 9.17) is 9.47 Å². The predicted octanol–water partition coefficient (Wildman–Crippen LogP) is 4.37. The van der Waals surface area contributed by atoms with Gasteiger partial charge in [-0.25, -0.2) is 4.79 Å². The molecule has 6 heteroatoms. The van der Waals surface area contributed by atoms with Gasteiger partial charge in [0.1, 0.15) is 6.61 Å². The first-order valence-corrected chi connectivity index (χ1v) is 9.72. The fraction of sp³-hybridized carbons (Fsp3) is 0.435. The van der Waals surface area contributed by atoms with Crippen molar-refractivity contribution in [2.45, 2.75) is 32.3 Å². The molecule has 158 valence electrons. The molecule has 5 nitrogen and oxygen atoms in total. The maximum Gasteiger partial charge on any atom is 0.407 e. The van der Waals surface area contributed by atoms with Gasteiger partial charge in [0.25, 0.3) is 0 Å². The first kappa shape index (κ1) is 23.2. The normalized spacial score (nSPS) is 13.8. The highest BCUT2D eigenvalue weighted by atomic mass is 35.5. The quantitative estimate of drug-likeness (QED) is 0.699. The molecule has 2 aromatic carbocycles. The van der Waals surface area contributed by atoms with E-state index in [1.54, 1.807) is 0 Å². The van der Waals surface area contributed by atoms with Crippen LogP contribution >= 0.6 is 12.4 Å². The minimum atomic E-state index is -0.476. The lowest BCUT2D eigenvalue weighted by Crippen LogP contribution is -2.35. The van der Waals surface area contributed by atoms with Gasteiger partial charge in [-0.05, 0) is 43.0 Å². The third-order valence-corrected chi connectivity index (χ3v) is 4.89. The summed E-state index contributed by atoms with van der Waals surface area (Å²) < 4.78 is 11.2. The average molecular weight is 420 g/mol. The second-order valence-corrected chi connectivity index (χ2v) is 8.18. The maximum atomic E-state index is 12.2. The van der Waals surface area contributed by atoms with Gasteiger partial charge in [0.15, 0.2) is 0 Å². The molecule has 29 heavy (non-hydrogen) atoms. The lowest BCUT2D eigenvalue weighted by Gasteiger charge is -2.23. The largest absolute Gasteiger partial charge is 0.449 e. The van der Waals surface area contributed by atoms with Crippen molar-refractivity contribution >= 4 is 18.5 Å². The average Bonchev–Trinajstić information content (AvgIpc) is 2.99. The molecule has 0 saturated heterocycles. The fourth-order valence-electron chi connectivity index (χ4n) is 3.42. The van der Waals surface area contributed by atoms with Crippen molar-refractivity contribution in [1.82, 2.24) is 5.32 Å². The van der Waals surface area contributed by atoms with E-state index in [-0.39, 0.29) is 43.1 Å². The van der Waals surface area contributed by atoms with Crippen LogP contribution in [0, 0.1) is 5.92 Å². The van der Waals surface area contributed by atoms with E-state index in [0.29, 0.717) is 13.2 Å². The van der Waals surface area contributed by atoms with E-state index in [1.807, 2.05) is 45.0 Å². The number of rotatable bonds is 7. The summed E-state index contributed by atoms with van der Waals surface area (Å²) in [5, 5.41) is 12.2. The van der Waals surface area contributed by atoms with E-state index in [9.17, 15) is 9.90 Å². The van der Waals surface area contributed by atoms with Gasteiger partial charge < -0.3 is 19.9 Å². The number of halogens is 1. The number of aliphatic hydroxyl groups excluding tert-OH is 1. The van der Waals surface area contributed by atoms with Crippen molar-refractivity contribution in [3.63, 3.8) is 0 Å². The Labute approximate surface area is 178 Å². The lowest BCUT2D eigenvalue weighted by atomic mass is 9.98. The number of hydrogen-bond donors (Lipinski definition) is 2. The molecule has 0 unspecified atom stereocenters. The Bertz CT molecular complexity index is 773. The number of fused-ring (bicyclic) bond motifs is 3. The monoisotopic (exact) mass is 419 g/mol. The molecular formula is C23H30ClNO4. The number of hydrogen-bond acceptors (Lipinski definition) is 4. The van der Waals surface area contributed by atoms with Crippen LogP contribution in [0.15, 0.2) is 48.5 Å². The van der Waals surface area contributed by atoms with Crippen molar-refractivity contribution in [3.8, 4) is 11.1 Å². The lowest BCUT2D eigenvalue weighted by molar-refractivity contribution is -0.0303. The van der Waals surface area contributed by atoms with Crippen LogP contribution in [0.2, 0.25) is 0 Å². The van der Waals surface area contributed by atoms with Crippen molar-refractivity contribution in [3.05, 3.63) is 59.7 Å². The van der Waals surface area contributed by atoms with Crippen molar-refractivity contribution in [1.29, 1.82) is 0 Å². The molecule has 1 aliphatic rings. The summed E-state index contributed by atoms with van der Waals surface area (Å²) in [5.41, 5.74) is 4.49. The summed E-state index contributed by atoms with van der Waals surface area (Å²) in [6.45, 7) is 6.79. The summed E-state index contributed by atoms with van der Waals surface area (Å²) in [6, 6.07) is 16.5. The molecule has 2 N–H and O–H groups in total. The number of carbonyl (C=O) groups is 1. The first-order valence-electron chi connectivity index (χ1n) is 9.72. The molecule has 0 fully saturated rings. The minimum absolute atomic E-state index is 0. The topological polar surface area (TPSA) is 67.8 Å². The number of carbonyl (C=O) groups excluding carboxylic acids is 1. The number of alkyl carbamates (subject to hydrolysis) is 1. The molecule has 3 rings (SSSR count). The van der Waals surface area contributed by atoms with Crippen molar-refractivity contribution in [2.24, 2.45) is 5.92 Å². The van der Waals surface area contributed by atoms with E-state index < -0.39 is 6.09 Å². The Hall–Kier alpha value is -2.08. The maximum absolute atomic E-state index is 12.2. The summed E-state index contributed by atoms with van der Waals surface area (Å²) in [6.07, 6.45) is -0.476. The summed E-state index contributed by atoms with van der Waals surface area (Å²) in [7, 11) is 0. The molecule has 0 spiro atoms. The van der Waals surface area contributed by atoms with E-state index in [1.165, 1.54) is 22.3 Å². The highest BCUT2D eigenvalue weighted by Gasteiger charge is 2.29. The van der Waals surface area contributed by atoms with Gasteiger partial charge in [-0.15, -0.1) is 12.4 Å². The van der Waals surface area contributed by atoms with Crippen LogP contribution in [0.1, 0.15) is 37.8 Å². The second-order valence-electron chi connectivity index (χ2n) is 8.18. The molecule has 1 aliphatic carbocycles. The van der Waals surface area contributed by atoms with Gasteiger partial charge in [0.05, 0.1) is 12.2 Å². The van der Waals surface area contributed by atoms with E-state index in [2.05, 4.69) is 29.6 Å². The Morgan fingerprint density at radius 3 is 2.14 bits per heavy atom. The number of nitrogens with one attached hydrogen (secondary N) is 1. The number of amides is 1. The van der Waals surface area contributed by atoms with E-state index >= 15 is 0 Å². The molecule has 1 atom stereocenters. The van der Waals surface area contributed by atoms with Gasteiger partial charge in [0.2, 0.25) is 0 Å². The minimum Gasteiger partial charge on any atom is -0.449 e. The first-order chi connectivity index (χ1) is 13.4. The molecule has 0 bridgehead atoms. The van der Waals surface area contributed by atoms with Crippen LogP contribution in [0.4, 0.5) is 4.79 Å². The van der Waals surface area contributed by atoms with Crippen LogP contribution in [0.5, 0.6) is 0 Å². The Morgan fingerprint density at radius 2 is 1.62 bits per heavy atom. The second kappa shape index (κ2) is 10.1. The third kappa shape index (κ3) is 5.95. The van der Waals surface area contributed by atoms with Crippen LogP contribution < -0.4 is 5.32 Å². The van der Waals surface area contributed by atoms with Crippen LogP contribution in [0.3, 0.4) is 0 Å². The summed E-state index contributed by atoms with van der Waals surface area (Å²) in [5.74, 6) is -0.129. The molecule has 2 aromatic rings. The van der Waals surface area contributed by atoms with Gasteiger partial charge in [-0.1, -0.05) is 48.5 Å². The smallest absolute Gasteiger partial charge is 0.407 e. The molecule has 0 heterocycles. The molecular weight excluding hydrogens is 390 g/mol. The number of ether oxygens (including phenoxy) is 2. The van der Waals surface area contributed by atoms with Crippen LogP contribution in [0.25, 0.3) is 11.1 Å². The van der Waals surface area contributed by atoms with Crippen LogP contribution in [-0.2, 0) is 9.47 Å².